The number of para-hydroxylation sites is 1. The van der Waals surface area contributed by atoms with Crippen molar-refractivity contribution in [2.75, 3.05) is 37.6 Å². The van der Waals surface area contributed by atoms with Crippen molar-refractivity contribution in [2.24, 2.45) is 5.10 Å². The van der Waals surface area contributed by atoms with E-state index >= 15 is 0 Å². The van der Waals surface area contributed by atoms with Gasteiger partial charge in [-0.2, -0.15) is 5.10 Å². The van der Waals surface area contributed by atoms with Crippen LogP contribution >= 0.6 is 0 Å². The van der Waals surface area contributed by atoms with E-state index in [-0.39, 0.29) is 24.2 Å². The number of furan rings is 2. The van der Waals surface area contributed by atoms with Crippen molar-refractivity contribution in [1.82, 2.24) is 9.91 Å². The second-order valence-electron chi connectivity index (χ2n) is 8.95. The van der Waals surface area contributed by atoms with Crippen molar-refractivity contribution >= 4 is 28.3 Å². The van der Waals surface area contributed by atoms with Crippen LogP contribution in [0, 0.1) is 0 Å². The van der Waals surface area contributed by atoms with Crippen LogP contribution in [0.25, 0.3) is 11.0 Å². The molecule has 4 aromatic rings. The molecule has 178 valence electrons. The van der Waals surface area contributed by atoms with Crippen molar-refractivity contribution in [3.05, 3.63) is 84.5 Å². The lowest BCUT2D eigenvalue weighted by atomic mass is 10.1. The second kappa shape index (κ2) is 8.96. The Bertz CT molecular complexity index is 1320. The average molecular weight is 471 g/mol. The Kier molecular flexibility index (Phi) is 5.50. The van der Waals surface area contributed by atoms with Crippen LogP contribution in [-0.2, 0) is 4.79 Å². The Morgan fingerprint density at radius 1 is 1.00 bits per heavy atom. The third-order valence-corrected chi connectivity index (χ3v) is 6.69. The molecule has 0 saturated carbocycles. The van der Waals surface area contributed by atoms with E-state index < -0.39 is 0 Å². The van der Waals surface area contributed by atoms with Crippen LogP contribution in [0.3, 0.4) is 0 Å². The lowest BCUT2D eigenvalue weighted by Crippen LogP contribution is -2.49. The molecule has 1 amide bonds. The zero-order chi connectivity index (χ0) is 23.8. The minimum atomic E-state index is -0.293. The van der Waals surface area contributed by atoms with Gasteiger partial charge in [0.25, 0.3) is 5.91 Å². The molecular formula is C27H26N4O4. The SMILES string of the molecule is O=C(CN1CCN(c2ccc(O)cc2)CC1)N1N=C(c2cc3ccccc3o2)CC1c1ccco1. The quantitative estimate of drug-likeness (QED) is 0.470. The summed E-state index contributed by atoms with van der Waals surface area (Å²) < 4.78 is 11.7. The van der Waals surface area contributed by atoms with Crippen LogP contribution < -0.4 is 4.90 Å². The zero-order valence-corrected chi connectivity index (χ0v) is 19.2. The molecule has 8 nitrogen and oxygen atoms in total. The molecule has 2 aromatic carbocycles. The fourth-order valence-corrected chi connectivity index (χ4v) is 4.81. The zero-order valence-electron chi connectivity index (χ0n) is 19.2. The smallest absolute Gasteiger partial charge is 0.257 e. The second-order valence-corrected chi connectivity index (χ2v) is 8.95. The Labute approximate surface area is 202 Å². The molecule has 1 unspecified atom stereocenters. The summed E-state index contributed by atoms with van der Waals surface area (Å²) in [6.07, 6.45) is 2.16. The number of benzene rings is 2. The molecule has 2 aliphatic rings. The van der Waals surface area contributed by atoms with Crippen LogP contribution in [0.5, 0.6) is 5.75 Å². The first-order valence-electron chi connectivity index (χ1n) is 11.8. The normalized spacial score (nSPS) is 18.9. The van der Waals surface area contributed by atoms with E-state index in [9.17, 15) is 9.90 Å². The lowest BCUT2D eigenvalue weighted by Gasteiger charge is -2.36. The largest absolute Gasteiger partial charge is 0.508 e. The number of piperazine rings is 1. The molecule has 1 N–H and O–H groups in total. The van der Waals surface area contributed by atoms with E-state index in [4.69, 9.17) is 13.9 Å². The van der Waals surface area contributed by atoms with Gasteiger partial charge in [0.15, 0.2) is 5.76 Å². The van der Waals surface area contributed by atoms with Gasteiger partial charge in [-0.1, -0.05) is 18.2 Å². The first-order chi connectivity index (χ1) is 17.1. The Morgan fingerprint density at radius 2 is 1.80 bits per heavy atom. The number of carbonyl (C=O) groups is 1. The summed E-state index contributed by atoms with van der Waals surface area (Å²) in [5.41, 5.74) is 2.62. The van der Waals surface area contributed by atoms with Crippen LogP contribution in [0.15, 0.2) is 86.9 Å². The Balaban J connectivity index is 1.17. The molecule has 0 bridgehead atoms. The molecule has 35 heavy (non-hydrogen) atoms. The molecule has 1 fully saturated rings. The van der Waals surface area contributed by atoms with Gasteiger partial charge < -0.3 is 18.8 Å². The van der Waals surface area contributed by atoms with Gasteiger partial charge in [-0.15, -0.1) is 0 Å². The molecule has 0 spiro atoms. The van der Waals surface area contributed by atoms with E-state index in [1.54, 1.807) is 23.4 Å². The van der Waals surface area contributed by atoms with Gasteiger partial charge in [-0.3, -0.25) is 9.69 Å². The van der Waals surface area contributed by atoms with Crippen LogP contribution in [-0.4, -0.2) is 59.4 Å². The van der Waals surface area contributed by atoms with E-state index in [0.29, 0.717) is 17.9 Å². The third kappa shape index (κ3) is 4.28. The fraction of sp³-hybridized carbons (Fsp3) is 0.259. The van der Waals surface area contributed by atoms with Crippen LogP contribution in [0.4, 0.5) is 5.69 Å². The van der Waals surface area contributed by atoms with Gasteiger partial charge in [-0.25, -0.2) is 5.01 Å². The van der Waals surface area contributed by atoms with E-state index in [1.807, 2.05) is 54.6 Å². The number of aromatic hydroxyl groups is 1. The summed E-state index contributed by atoms with van der Waals surface area (Å²) >= 11 is 0. The highest BCUT2D eigenvalue weighted by atomic mass is 16.3. The van der Waals surface area contributed by atoms with Gasteiger partial charge in [0.05, 0.1) is 12.8 Å². The summed E-state index contributed by atoms with van der Waals surface area (Å²) in [6, 6.07) is 20.5. The summed E-state index contributed by atoms with van der Waals surface area (Å²) in [5, 5.41) is 16.8. The highest BCUT2D eigenvalue weighted by Crippen LogP contribution is 2.34. The lowest BCUT2D eigenvalue weighted by molar-refractivity contribution is -0.134. The fourth-order valence-electron chi connectivity index (χ4n) is 4.81. The molecule has 1 atom stereocenters. The molecule has 0 radical (unpaired) electrons. The van der Waals surface area contributed by atoms with Crippen molar-refractivity contribution in [2.45, 2.75) is 12.5 Å². The number of amides is 1. The van der Waals surface area contributed by atoms with Gasteiger partial charge in [0.2, 0.25) is 0 Å². The van der Waals surface area contributed by atoms with Gasteiger partial charge >= 0.3 is 0 Å². The van der Waals surface area contributed by atoms with Gasteiger partial charge in [-0.05, 0) is 48.5 Å². The molecule has 2 aliphatic heterocycles. The number of hydrazone groups is 1. The predicted octanol–water partition coefficient (Wildman–Crippen LogP) is 4.23. The number of phenols is 1. The molecular weight excluding hydrogens is 444 g/mol. The highest BCUT2D eigenvalue weighted by Gasteiger charge is 2.36. The number of fused-ring (bicyclic) bond motifs is 1. The van der Waals surface area contributed by atoms with E-state index in [0.717, 1.165) is 48.5 Å². The topological polar surface area (TPSA) is 85.7 Å². The minimum Gasteiger partial charge on any atom is -0.508 e. The number of nitrogens with zero attached hydrogens (tertiary/aromatic N) is 4. The van der Waals surface area contributed by atoms with Crippen LogP contribution in [0.2, 0.25) is 0 Å². The molecule has 4 heterocycles. The maximum absolute atomic E-state index is 13.4. The number of hydrogen-bond acceptors (Lipinski definition) is 7. The molecule has 8 heteroatoms. The minimum absolute atomic E-state index is 0.0596. The highest BCUT2D eigenvalue weighted by molar-refractivity contribution is 6.03. The summed E-state index contributed by atoms with van der Waals surface area (Å²) in [4.78, 5) is 17.8. The third-order valence-electron chi connectivity index (χ3n) is 6.69. The maximum Gasteiger partial charge on any atom is 0.257 e. The number of rotatable bonds is 5. The summed E-state index contributed by atoms with van der Waals surface area (Å²) in [7, 11) is 0. The first kappa shape index (κ1) is 21.5. The van der Waals surface area contributed by atoms with Gasteiger partial charge in [0.1, 0.15) is 28.8 Å². The first-order valence-corrected chi connectivity index (χ1v) is 11.8. The standard InChI is InChI=1S/C27H26N4O4/c32-21-9-7-20(8-10-21)30-13-11-29(12-14-30)18-27(33)31-23(25-6-3-15-34-25)17-22(28-31)26-16-19-4-1-2-5-24(19)35-26/h1-10,15-16,23,32H,11-14,17-18H2. The van der Waals surface area contributed by atoms with Crippen molar-refractivity contribution in [3.8, 4) is 5.75 Å². The monoisotopic (exact) mass is 470 g/mol. The van der Waals surface area contributed by atoms with E-state index in [1.165, 1.54) is 0 Å². The number of carbonyl (C=O) groups excluding carboxylic acids is 1. The van der Waals surface area contributed by atoms with Crippen molar-refractivity contribution in [1.29, 1.82) is 0 Å². The van der Waals surface area contributed by atoms with Gasteiger partial charge in [0, 0.05) is 43.7 Å². The molecule has 1 saturated heterocycles. The number of hydrogen-bond donors (Lipinski definition) is 1. The van der Waals surface area contributed by atoms with E-state index in [2.05, 4.69) is 9.80 Å². The Hall–Kier alpha value is -4.04. The summed E-state index contributed by atoms with van der Waals surface area (Å²) in [6.45, 7) is 3.45. The average Bonchev–Trinajstić information content (AvgIpc) is 3.64. The molecule has 2 aromatic heterocycles. The van der Waals surface area contributed by atoms with Crippen LogP contribution in [0.1, 0.15) is 24.0 Å². The molecule has 0 aliphatic carbocycles. The van der Waals surface area contributed by atoms with Crippen molar-refractivity contribution in [3.63, 3.8) is 0 Å². The summed E-state index contributed by atoms with van der Waals surface area (Å²) in [5.74, 6) is 1.60. The number of phenolic OH excluding ortho intramolecular Hbond substituents is 1. The maximum atomic E-state index is 13.4. The van der Waals surface area contributed by atoms with Crippen molar-refractivity contribution < 1.29 is 18.7 Å². The molecule has 6 rings (SSSR count). The number of anilines is 1. The predicted molar refractivity (Wildman–Crippen MR) is 132 cm³/mol. The Morgan fingerprint density at radius 3 is 2.54 bits per heavy atom.